The van der Waals surface area contributed by atoms with E-state index in [-0.39, 0.29) is 5.41 Å². The Kier molecular flexibility index (Phi) is 4.59. The zero-order valence-electron chi connectivity index (χ0n) is 10.0. The summed E-state index contributed by atoms with van der Waals surface area (Å²) in [4.78, 5) is 0. The third-order valence-electron chi connectivity index (χ3n) is 2.64. The van der Waals surface area contributed by atoms with Gasteiger partial charge in [0.05, 0.1) is 12.1 Å². The lowest BCUT2D eigenvalue weighted by molar-refractivity contribution is 0.413. The molecule has 1 rings (SSSR count). The van der Waals surface area contributed by atoms with Crippen LogP contribution in [-0.2, 0) is 5.41 Å². The minimum atomic E-state index is -0.00468. The first-order valence-corrected chi connectivity index (χ1v) is 5.64. The Morgan fingerprint density at radius 2 is 2.12 bits per heavy atom. The molecule has 90 valence electrons. The molecule has 0 saturated carbocycles. The molecule has 0 saturated heterocycles. The van der Waals surface area contributed by atoms with E-state index in [9.17, 15) is 0 Å². The Hall–Kier alpha value is -0.770. The highest BCUT2D eigenvalue weighted by Gasteiger charge is 2.20. The van der Waals surface area contributed by atoms with Gasteiger partial charge in [-0.2, -0.15) is 0 Å². The quantitative estimate of drug-likeness (QED) is 0.778. The van der Waals surface area contributed by atoms with Crippen LogP contribution in [-0.4, -0.2) is 20.3 Å². The maximum absolute atomic E-state index is 6.10. The van der Waals surface area contributed by atoms with E-state index in [0.29, 0.717) is 17.4 Å². The highest BCUT2D eigenvalue weighted by atomic mass is 35.5. The average molecular weight is 243 g/mol. The van der Waals surface area contributed by atoms with Crippen molar-refractivity contribution in [1.82, 2.24) is 5.32 Å². The number of hydrogen-bond acceptors (Lipinski definition) is 3. The molecule has 0 radical (unpaired) electrons. The molecular formula is C12H19ClN2O. The zero-order valence-corrected chi connectivity index (χ0v) is 10.8. The molecule has 0 aliphatic heterocycles. The Balaban J connectivity index is 2.91. The van der Waals surface area contributed by atoms with Gasteiger partial charge in [0.15, 0.2) is 0 Å². The molecule has 16 heavy (non-hydrogen) atoms. The molecule has 0 fully saturated rings. The van der Waals surface area contributed by atoms with E-state index in [2.05, 4.69) is 19.2 Å². The molecule has 0 heterocycles. The summed E-state index contributed by atoms with van der Waals surface area (Å²) < 4.78 is 5.13. The lowest BCUT2D eigenvalue weighted by Crippen LogP contribution is -2.35. The standard InChI is InChI=1S/C12H19ClN2O/c1-12(2,7-15-8-14)9-4-5-11(16-3)10(13)6-9/h4-6,15H,7-8,14H2,1-3H3. The van der Waals surface area contributed by atoms with E-state index in [0.717, 1.165) is 6.54 Å². The zero-order chi connectivity index (χ0) is 12.2. The molecule has 3 nitrogen and oxygen atoms in total. The van der Waals surface area contributed by atoms with Gasteiger partial charge in [-0.05, 0) is 17.7 Å². The van der Waals surface area contributed by atoms with Gasteiger partial charge in [0.1, 0.15) is 5.75 Å². The lowest BCUT2D eigenvalue weighted by Gasteiger charge is -2.26. The van der Waals surface area contributed by atoms with Crippen LogP contribution in [0.4, 0.5) is 0 Å². The molecule has 0 aliphatic carbocycles. The van der Waals surface area contributed by atoms with Crippen molar-refractivity contribution in [2.24, 2.45) is 5.73 Å². The SMILES string of the molecule is COc1ccc(C(C)(C)CNCN)cc1Cl. The molecule has 0 aliphatic rings. The van der Waals surface area contributed by atoms with Crippen molar-refractivity contribution in [3.05, 3.63) is 28.8 Å². The van der Waals surface area contributed by atoms with Crippen LogP contribution in [0.3, 0.4) is 0 Å². The molecule has 3 N–H and O–H groups in total. The smallest absolute Gasteiger partial charge is 0.137 e. The van der Waals surface area contributed by atoms with Gasteiger partial charge in [0.25, 0.3) is 0 Å². The molecule has 0 atom stereocenters. The highest BCUT2D eigenvalue weighted by molar-refractivity contribution is 6.32. The normalized spacial score (nSPS) is 11.6. The van der Waals surface area contributed by atoms with E-state index in [4.69, 9.17) is 22.1 Å². The second-order valence-corrected chi connectivity index (χ2v) is 4.77. The second kappa shape index (κ2) is 5.53. The Bertz CT molecular complexity index is 353. The van der Waals surface area contributed by atoms with Crippen LogP contribution in [0.25, 0.3) is 0 Å². The topological polar surface area (TPSA) is 47.3 Å². The molecular weight excluding hydrogens is 224 g/mol. The maximum Gasteiger partial charge on any atom is 0.137 e. The van der Waals surface area contributed by atoms with E-state index >= 15 is 0 Å². The summed E-state index contributed by atoms with van der Waals surface area (Å²) in [5.41, 5.74) is 6.59. The molecule has 0 bridgehead atoms. The first-order valence-electron chi connectivity index (χ1n) is 5.26. The monoisotopic (exact) mass is 242 g/mol. The minimum Gasteiger partial charge on any atom is -0.495 e. The first kappa shape index (κ1) is 13.3. The summed E-state index contributed by atoms with van der Waals surface area (Å²) in [6, 6.07) is 5.86. The molecule has 0 amide bonds. The minimum absolute atomic E-state index is 0.00468. The third kappa shape index (κ3) is 3.11. The fraction of sp³-hybridized carbons (Fsp3) is 0.500. The van der Waals surface area contributed by atoms with Crippen LogP contribution >= 0.6 is 11.6 Å². The number of nitrogens with one attached hydrogen (secondary N) is 1. The lowest BCUT2D eigenvalue weighted by atomic mass is 9.84. The molecule has 0 unspecified atom stereocenters. The van der Waals surface area contributed by atoms with Gasteiger partial charge >= 0.3 is 0 Å². The summed E-state index contributed by atoms with van der Waals surface area (Å²) in [5.74, 6) is 0.702. The maximum atomic E-state index is 6.10. The molecule has 0 spiro atoms. The highest BCUT2D eigenvalue weighted by Crippen LogP contribution is 2.30. The van der Waals surface area contributed by atoms with E-state index in [1.807, 2.05) is 18.2 Å². The Morgan fingerprint density at radius 1 is 1.44 bits per heavy atom. The van der Waals surface area contributed by atoms with Crippen molar-refractivity contribution >= 4 is 11.6 Å². The number of hydrogen-bond donors (Lipinski definition) is 2. The molecule has 1 aromatic rings. The molecule has 0 aromatic heterocycles. The molecule has 4 heteroatoms. The van der Waals surface area contributed by atoms with Crippen LogP contribution in [0, 0.1) is 0 Å². The predicted octanol–water partition coefficient (Wildman–Crippen LogP) is 2.13. The summed E-state index contributed by atoms with van der Waals surface area (Å²) in [7, 11) is 1.61. The third-order valence-corrected chi connectivity index (χ3v) is 2.94. The number of methoxy groups -OCH3 is 1. The Labute approximate surface area is 102 Å². The van der Waals surface area contributed by atoms with E-state index < -0.39 is 0 Å². The van der Waals surface area contributed by atoms with Gasteiger partial charge in [-0.3, -0.25) is 0 Å². The summed E-state index contributed by atoms with van der Waals surface area (Å²) in [5, 5.41) is 3.78. The van der Waals surface area contributed by atoms with Gasteiger partial charge in [-0.15, -0.1) is 0 Å². The van der Waals surface area contributed by atoms with Gasteiger partial charge in [-0.1, -0.05) is 31.5 Å². The molecule has 1 aromatic carbocycles. The van der Waals surface area contributed by atoms with Crippen molar-refractivity contribution in [2.45, 2.75) is 19.3 Å². The van der Waals surface area contributed by atoms with Crippen LogP contribution in [0.2, 0.25) is 5.02 Å². The summed E-state index contributed by atoms with van der Waals surface area (Å²) in [6.45, 7) is 5.58. The van der Waals surface area contributed by atoms with Crippen molar-refractivity contribution in [3.8, 4) is 5.75 Å². The largest absolute Gasteiger partial charge is 0.495 e. The van der Waals surface area contributed by atoms with Crippen LogP contribution in [0.1, 0.15) is 19.4 Å². The van der Waals surface area contributed by atoms with Gasteiger partial charge in [0, 0.05) is 18.6 Å². The number of halogens is 1. The van der Waals surface area contributed by atoms with Crippen LogP contribution < -0.4 is 15.8 Å². The summed E-state index contributed by atoms with van der Waals surface area (Å²) >= 11 is 6.10. The number of benzene rings is 1. The van der Waals surface area contributed by atoms with Gasteiger partial charge < -0.3 is 15.8 Å². The van der Waals surface area contributed by atoms with Crippen molar-refractivity contribution in [2.75, 3.05) is 20.3 Å². The van der Waals surface area contributed by atoms with Crippen LogP contribution in [0.15, 0.2) is 18.2 Å². The average Bonchev–Trinajstić information content (AvgIpc) is 2.26. The Morgan fingerprint density at radius 3 is 2.62 bits per heavy atom. The number of rotatable bonds is 5. The fourth-order valence-electron chi connectivity index (χ4n) is 1.57. The van der Waals surface area contributed by atoms with E-state index in [1.54, 1.807) is 7.11 Å². The predicted molar refractivity (Wildman–Crippen MR) is 68.1 cm³/mol. The van der Waals surface area contributed by atoms with E-state index in [1.165, 1.54) is 5.56 Å². The second-order valence-electron chi connectivity index (χ2n) is 4.36. The van der Waals surface area contributed by atoms with Crippen molar-refractivity contribution in [3.63, 3.8) is 0 Å². The summed E-state index contributed by atoms with van der Waals surface area (Å²) in [6.07, 6.45) is 0. The fourth-order valence-corrected chi connectivity index (χ4v) is 1.83. The van der Waals surface area contributed by atoms with Crippen molar-refractivity contribution in [1.29, 1.82) is 0 Å². The van der Waals surface area contributed by atoms with Gasteiger partial charge in [-0.25, -0.2) is 0 Å². The van der Waals surface area contributed by atoms with Gasteiger partial charge in [0.2, 0.25) is 0 Å². The van der Waals surface area contributed by atoms with Crippen molar-refractivity contribution < 1.29 is 4.74 Å². The number of ether oxygens (including phenoxy) is 1. The van der Waals surface area contributed by atoms with Crippen LogP contribution in [0.5, 0.6) is 5.75 Å². The first-order chi connectivity index (χ1) is 7.51. The number of nitrogens with two attached hydrogens (primary N) is 1.